The van der Waals surface area contributed by atoms with Gasteiger partial charge < -0.3 is 19.1 Å². The third-order valence-corrected chi connectivity index (χ3v) is 3.61. The Bertz CT molecular complexity index is 769. The Morgan fingerprint density at radius 3 is 2.29 bits per heavy atom. The minimum Gasteiger partial charge on any atom is -0.457 e. The van der Waals surface area contributed by atoms with Crippen molar-refractivity contribution in [3.63, 3.8) is 0 Å². The van der Waals surface area contributed by atoms with Crippen molar-refractivity contribution in [3.8, 4) is 0 Å². The van der Waals surface area contributed by atoms with Gasteiger partial charge >= 0.3 is 11.9 Å². The molecule has 1 aliphatic rings. The zero-order chi connectivity index (χ0) is 21.2. The number of esters is 2. The van der Waals surface area contributed by atoms with Crippen molar-refractivity contribution in [2.75, 3.05) is 18.1 Å². The summed E-state index contributed by atoms with van der Waals surface area (Å²) in [5.41, 5.74) is -1.20. The van der Waals surface area contributed by atoms with Crippen LogP contribution in [0.4, 0.5) is 18.9 Å². The number of rotatable bonds is 4. The highest BCUT2D eigenvalue weighted by Gasteiger charge is 2.44. The minimum atomic E-state index is -1.72. The standard InChI is InChI=1S/C18H20F3NO6/c1-9(23)27-15(17(25)28-18(2,3)4)14-16(24)22(5-6-26-14)10-7-11(19)13(21)12(20)8-10/h7-8,14-15H,5-6H2,1-4H3/t14-,15-/m1/s1. The van der Waals surface area contributed by atoms with Crippen molar-refractivity contribution in [3.05, 3.63) is 29.6 Å². The SMILES string of the molecule is CC(=O)O[C@@H](C(=O)OC(C)(C)C)[C@H]1OCCN(c2cc(F)c(F)c(F)c2)C1=O. The average Bonchev–Trinajstić information content (AvgIpc) is 2.56. The molecule has 1 saturated heterocycles. The summed E-state index contributed by atoms with van der Waals surface area (Å²) < 4.78 is 55.6. The maximum atomic E-state index is 13.5. The number of hydrogen-bond acceptors (Lipinski definition) is 6. The van der Waals surface area contributed by atoms with Crippen LogP contribution in [0, 0.1) is 17.5 Å². The summed E-state index contributed by atoms with van der Waals surface area (Å²) in [6.07, 6.45) is -3.31. The fraction of sp³-hybridized carbons (Fsp3) is 0.500. The lowest BCUT2D eigenvalue weighted by Crippen LogP contribution is -2.56. The molecule has 0 bridgehead atoms. The van der Waals surface area contributed by atoms with Gasteiger partial charge in [-0.1, -0.05) is 0 Å². The van der Waals surface area contributed by atoms with Gasteiger partial charge in [0.25, 0.3) is 5.91 Å². The summed E-state index contributed by atoms with van der Waals surface area (Å²) in [7, 11) is 0. The predicted octanol–water partition coefficient (Wildman–Crippen LogP) is 2.11. The van der Waals surface area contributed by atoms with Crippen molar-refractivity contribution in [1.29, 1.82) is 0 Å². The first-order valence-corrected chi connectivity index (χ1v) is 8.38. The highest BCUT2D eigenvalue weighted by Crippen LogP contribution is 2.26. The first kappa shape index (κ1) is 21.7. The van der Waals surface area contributed by atoms with Crippen LogP contribution >= 0.6 is 0 Å². The van der Waals surface area contributed by atoms with E-state index in [0.717, 1.165) is 11.8 Å². The van der Waals surface area contributed by atoms with E-state index in [1.54, 1.807) is 20.8 Å². The van der Waals surface area contributed by atoms with Gasteiger partial charge in [0.2, 0.25) is 6.10 Å². The fourth-order valence-corrected chi connectivity index (χ4v) is 2.55. The van der Waals surface area contributed by atoms with E-state index in [0.29, 0.717) is 12.1 Å². The van der Waals surface area contributed by atoms with Gasteiger partial charge in [-0.05, 0) is 20.8 Å². The molecule has 1 aromatic rings. The van der Waals surface area contributed by atoms with Gasteiger partial charge in [0.05, 0.1) is 6.61 Å². The molecule has 0 unspecified atom stereocenters. The number of amides is 1. The van der Waals surface area contributed by atoms with Crippen LogP contribution in [0.25, 0.3) is 0 Å². The number of morpholine rings is 1. The Morgan fingerprint density at radius 1 is 1.21 bits per heavy atom. The molecule has 1 heterocycles. The normalized spacial score (nSPS) is 18.6. The number of halogens is 3. The number of ether oxygens (including phenoxy) is 3. The molecule has 0 aliphatic carbocycles. The lowest BCUT2D eigenvalue weighted by molar-refractivity contribution is -0.188. The smallest absolute Gasteiger partial charge is 0.351 e. The molecule has 1 amide bonds. The maximum Gasteiger partial charge on any atom is 0.351 e. The number of benzene rings is 1. The molecule has 0 aromatic heterocycles. The van der Waals surface area contributed by atoms with Crippen LogP contribution in [0.3, 0.4) is 0 Å². The topological polar surface area (TPSA) is 82.1 Å². The predicted molar refractivity (Wildman–Crippen MR) is 89.8 cm³/mol. The summed E-state index contributed by atoms with van der Waals surface area (Å²) in [5.74, 6) is -7.40. The van der Waals surface area contributed by atoms with Gasteiger partial charge in [0, 0.05) is 31.3 Å². The second-order valence-electron chi connectivity index (χ2n) is 7.07. The summed E-state index contributed by atoms with van der Waals surface area (Å²) in [5, 5.41) is 0. The number of carbonyl (C=O) groups excluding carboxylic acids is 3. The molecule has 2 rings (SSSR count). The largest absolute Gasteiger partial charge is 0.457 e. The Labute approximate surface area is 159 Å². The fourth-order valence-electron chi connectivity index (χ4n) is 2.55. The van der Waals surface area contributed by atoms with Crippen LogP contribution in [0.5, 0.6) is 0 Å². The third kappa shape index (κ3) is 5.00. The molecule has 1 aliphatic heterocycles. The van der Waals surface area contributed by atoms with E-state index in [9.17, 15) is 27.6 Å². The Kier molecular flexibility index (Phi) is 6.33. The molecule has 1 aromatic carbocycles. The molecule has 154 valence electrons. The monoisotopic (exact) mass is 403 g/mol. The molecular weight excluding hydrogens is 383 g/mol. The number of hydrogen-bond donors (Lipinski definition) is 0. The first-order valence-electron chi connectivity index (χ1n) is 8.38. The molecule has 28 heavy (non-hydrogen) atoms. The van der Waals surface area contributed by atoms with Gasteiger partial charge in [-0.25, -0.2) is 18.0 Å². The van der Waals surface area contributed by atoms with Crippen molar-refractivity contribution in [1.82, 2.24) is 0 Å². The second kappa shape index (κ2) is 8.17. The molecule has 0 spiro atoms. The maximum absolute atomic E-state index is 13.5. The van der Waals surface area contributed by atoms with Crippen LogP contribution in [-0.4, -0.2) is 48.8 Å². The van der Waals surface area contributed by atoms with E-state index < -0.39 is 53.1 Å². The average molecular weight is 403 g/mol. The highest BCUT2D eigenvalue weighted by molar-refractivity contribution is 6.00. The van der Waals surface area contributed by atoms with Crippen molar-refractivity contribution < 1.29 is 41.8 Å². The van der Waals surface area contributed by atoms with Crippen molar-refractivity contribution >= 4 is 23.5 Å². The van der Waals surface area contributed by atoms with E-state index >= 15 is 0 Å². The van der Waals surface area contributed by atoms with Gasteiger partial charge in [-0.2, -0.15) is 0 Å². The van der Waals surface area contributed by atoms with Crippen LogP contribution in [0.15, 0.2) is 12.1 Å². The molecule has 0 saturated carbocycles. The van der Waals surface area contributed by atoms with E-state index in [2.05, 4.69) is 0 Å². The number of nitrogens with zero attached hydrogens (tertiary/aromatic N) is 1. The van der Waals surface area contributed by atoms with E-state index in [4.69, 9.17) is 14.2 Å². The lowest BCUT2D eigenvalue weighted by Gasteiger charge is -2.35. The van der Waals surface area contributed by atoms with Gasteiger partial charge in [-0.15, -0.1) is 0 Å². The van der Waals surface area contributed by atoms with Gasteiger partial charge in [-0.3, -0.25) is 9.59 Å². The minimum absolute atomic E-state index is 0.110. The lowest BCUT2D eigenvalue weighted by atomic mass is 10.1. The highest BCUT2D eigenvalue weighted by atomic mass is 19.2. The van der Waals surface area contributed by atoms with Crippen LogP contribution in [-0.2, 0) is 28.6 Å². The quantitative estimate of drug-likeness (QED) is 0.566. The number of carbonyl (C=O) groups is 3. The van der Waals surface area contributed by atoms with Crippen molar-refractivity contribution in [2.45, 2.75) is 45.5 Å². The Morgan fingerprint density at radius 2 is 1.79 bits per heavy atom. The summed E-state index contributed by atoms with van der Waals surface area (Å²) in [6, 6.07) is 1.29. The van der Waals surface area contributed by atoms with E-state index in [1.165, 1.54) is 0 Å². The Hall–Kier alpha value is -2.62. The summed E-state index contributed by atoms with van der Waals surface area (Å²) in [6.45, 7) is 5.53. The van der Waals surface area contributed by atoms with Gasteiger partial charge in [0.1, 0.15) is 5.60 Å². The van der Waals surface area contributed by atoms with Crippen LogP contribution < -0.4 is 4.90 Å². The summed E-state index contributed by atoms with van der Waals surface area (Å²) in [4.78, 5) is 37.5. The zero-order valence-corrected chi connectivity index (χ0v) is 15.8. The summed E-state index contributed by atoms with van der Waals surface area (Å²) >= 11 is 0. The molecule has 0 radical (unpaired) electrons. The molecule has 0 N–H and O–H groups in total. The molecular formula is C18H20F3NO6. The van der Waals surface area contributed by atoms with E-state index in [1.807, 2.05) is 0 Å². The Balaban J connectivity index is 2.33. The van der Waals surface area contributed by atoms with E-state index in [-0.39, 0.29) is 18.8 Å². The van der Waals surface area contributed by atoms with Crippen LogP contribution in [0.1, 0.15) is 27.7 Å². The third-order valence-electron chi connectivity index (χ3n) is 3.61. The molecule has 10 heteroatoms. The first-order chi connectivity index (χ1) is 12.9. The molecule has 2 atom stereocenters. The zero-order valence-electron chi connectivity index (χ0n) is 15.8. The number of anilines is 1. The molecule has 1 fully saturated rings. The second-order valence-corrected chi connectivity index (χ2v) is 7.07. The molecule has 7 nitrogen and oxygen atoms in total. The van der Waals surface area contributed by atoms with Crippen molar-refractivity contribution in [2.24, 2.45) is 0 Å². The van der Waals surface area contributed by atoms with Crippen LogP contribution in [0.2, 0.25) is 0 Å². The van der Waals surface area contributed by atoms with Gasteiger partial charge in [0.15, 0.2) is 23.6 Å².